The molecular formula is C13H13BrFN3O2. The number of aryl methyl sites for hydroxylation is 1. The Balaban J connectivity index is 2.53. The van der Waals surface area contributed by atoms with Crippen molar-refractivity contribution in [3.05, 3.63) is 61.1 Å². The molecule has 0 aliphatic heterocycles. The van der Waals surface area contributed by atoms with Crippen molar-refractivity contribution < 1.29 is 4.39 Å². The first kappa shape index (κ1) is 14.5. The zero-order valence-corrected chi connectivity index (χ0v) is 12.4. The molecule has 0 atom stereocenters. The monoisotopic (exact) mass is 341 g/mol. The lowest BCUT2D eigenvalue weighted by molar-refractivity contribution is 0.598. The first-order chi connectivity index (χ1) is 9.43. The lowest BCUT2D eigenvalue weighted by atomic mass is 10.2. The molecule has 0 unspecified atom stereocenters. The SMILES string of the molecule is CCn1cc(N)c(=O)n(Cc2ccc(F)c(Br)c2)c1=O. The predicted octanol–water partition coefficient (Wildman–Crippen LogP) is 1.56. The minimum Gasteiger partial charge on any atom is -0.393 e. The van der Waals surface area contributed by atoms with Gasteiger partial charge in [-0.05, 0) is 40.5 Å². The zero-order valence-electron chi connectivity index (χ0n) is 10.8. The molecule has 2 rings (SSSR count). The Kier molecular flexibility index (Phi) is 4.08. The third-order valence-corrected chi connectivity index (χ3v) is 3.54. The van der Waals surface area contributed by atoms with Crippen LogP contribution >= 0.6 is 15.9 Å². The van der Waals surface area contributed by atoms with Crippen molar-refractivity contribution in [1.82, 2.24) is 9.13 Å². The highest BCUT2D eigenvalue weighted by Crippen LogP contribution is 2.17. The number of hydrogen-bond acceptors (Lipinski definition) is 3. The zero-order chi connectivity index (χ0) is 14.9. The van der Waals surface area contributed by atoms with Crippen LogP contribution in [0.4, 0.5) is 10.1 Å². The molecule has 0 fully saturated rings. The van der Waals surface area contributed by atoms with E-state index in [0.717, 1.165) is 4.57 Å². The van der Waals surface area contributed by atoms with E-state index in [1.165, 1.54) is 29.0 Å². The van der Waals surface area contributed by atoms with Crippen LogP contribution in [-0.4, -0.2) is 9.13 Å². The average molecular weight is 342 g/mol. The molecule has 7 heteroatoms. The number of nitrogens with zero attached hydrogens (tertiary/aromatic N) is 2. The molecule has 2 N–H and O–H groups in total. The topological polar surface area (TPSA) is 70.0 Å². The number of nitrogens with two attached hydrogens (primary N) is 1. The largest absolute Gasteiger partial charge is 0.393 e. The quantitative estimate of drug-likeness (QED) is 0.920. The van der Waals surface area contributed by atoms with Gasteiger partial charge in [0, 0.05) is 12.7 Å². The van der Waals surface area contributed by atoms with Gasteiger partial charge in [0.05, 0.1) is 11.0 Å². The lowest BCUT2D eigenvalue weighted by Gasteiger charge is -2.10. The van der Waals surface area contributed by atoms with Crippen LogP contribution in [0.2, 0.25) is 0 Å². The van der Waals surface area contributed by atoms with Gasteiger partial charge in [-0.1, -0.05) is 6.07 Å². The van der Waals surface area contributed by atoms with Crippen LogP contribution in [0.3, 0.4) is 0 Å². The third-order valence-electron chi connectivity index (χ3n) is 2.93. The molecule has 0 saturated carbocycles. The summed E-state index contributed by atoms with van der Waals surface area (Å²) in [7, 11) is 0. The van der Waals surface area contributed by atoms with Crippen LogP contribution in [0.5, 0.6) is 0 Å². The van der Waals surface area contributed by atoms with Crippen LogP contribution in [0.15, 0.2) is 38.5 Å². The number of nitrogen functional groups attached to an aromatic ring is 1. The molecule has 20 heavy (non-hydrogen) atoms. The normalized spacial score (nSPS) is 10.8. The maximum absolute atomic E-state index is 13.2. The van der Waals surface area contributed by atoms with Crippen molar-refractivity contribution in [1.29, 1.82) is 0 Å². The molecule has 0 radical (unpaired) electrons. The summed E-state index contributed by atoms with van der Waals surface area (Å²) in [6.07, 6.45) is 1.34. The third kappa shape index (κ3) is 2.67. The van der Waals surface area contributed by atoms with Crippen LogP contribution in [-0.2, 0) is 13.1 Å². The summed E-state index contributed by atoms with van der Waals surface area (Å²) < 4.78 is 15.9. The Hall–Kier alpha value is -1.89. The number of rotatable bonds is 3. The molecule has 0 bridgehead atoms. The van der Waals surface area contributed by atoms with Crippen molar-refractivity contribution in [2.75, 3.05) is 5.73 Å². The Labute approximate surface area is 122 Å². The fourth-order valence-corrected chi connectivity index (χ4v) is 2.29. The molecule has 0 aliphatic carbocycles. The van der Waals surface area contributed by atoms with Crippen LogP contribution in [0.1, 0.15) is 12.5 Å². The van der Waals surface area contributed by atoms with Gasteiger partial charge >= 0.3 is 5.69 Å². The van der Waals surface area contributed by atoms with Gasteiger partial charge in [-0.15, -0.1) is 0 Å². The van der Waals surface area contributed by atoms with E-state index in [2.05, 4.69) is 15.9 Å². The number of hydrogen-bond donors (Lipinski definition) is 1. The minimum atomic E-state index is -0.542. The van der Waals surface area contributed by atoms with Gasteiger partial charge in [-0.25, -0.2) is 9.18 Å². The Morgan fingerprint density at radius 1 is 1.35 bits per heavy atom. The first-order valence-electron chi connectivity index (χ1n) is 5.97. The van der Waals surface area contributed by atoms with Crippen molar-refractivity contribution in [3.8, 4) is 0 Å². The molecule has 0 amide bonds. The van der Waals surface area contributed by atoms with E-state index < -0.39 is 17.1 Å². The second-order valence-corrected chi connectivity index (χ2v) is 5.15. The van der Waals surface area contributed by atoms with Crippen molar-refractivity contribution in [2.45, 2.75) is 20.0 Å². The summed E-state index contributed by atoms with van der Waals surface area (Å²) in [5, 5.41) is 0. The molecule has 1 aromatic carbocycles. The van der Waals surface area contributed by atoms with E-state index in [-0.39, 0.29) is 16.7 Å². The first-order valence-corrected chi connectivity index (χ1v) is 6.77. The van der Waals surface area contributed by atoms with Gasteiger partial charge in [0.1, 0.15) is 11.5 Å². The van der Waals surface area contributed by atoms with Gasteiger partial charge in [0.25, 0.3) is 5.56 Å². The number of benzene rings is 1. The van der Waals surface area contributed by atoms with E-state index in [1.807, 2.05) is 0 Å². The number of halogens is 2. The van der Waals surface area contributed by atoms with Gasteiger partial charge < -0.3 is 5.73 Å². The van der Waals surface area contributed by atoms with Gasteiger partial charge in [-0.3, -0.25) is 13.9 Å². The molecular weight excluding hydrogens is 329 g/mol. The average Bonchev–Trinajstić information content (AvgIpc) is 2.42. The van der Waals surface area contributed by atoms with Crippen molar-refractivity contribution >= 4 is 21.6 Å². The standard InChI is InChI=1S/C13H13BrFN3O2/c1-2-17-7-11(16)12(19)18(13(17)20)6-8-3-4-10(15)9(14)5-8/h3-5,7H,2,6,16H2,1H3. The fourth-order valence-electron chi connectivity index (χ4n) is 1.86. The summed E-state index contributed by atoms with van der Waals surface area (Å²) in [4.78, 5) is 24.1. The summed E-state index contributed by atoms with van der Waals surface area (Å²) in [6, 6.07) is 4.32. The van der Waals surface area contributed by atoms with Crippen molar-refractivity contribution in [2.24, 2.45) is 0 Å². The molecule has 5 nitrogen and oxygen atoms in total. The summed E-state index contributed by atoms with van der Waals surface area (Å²) >= 11 is 3.07. The fraction of sp³-hybridized carbons (Fsp3) is 0.231. The maximum atomic E-state index is 13.2. The predicted molar refractivity (Wildman–Crippen MR) is 78.3 cm³/mol. The van der Waals surface area contributed by atoms with E-state index in [9.17, 15) is 14.0 Å². The summed E-state index contributed by atoms with van der Waals surface area (Å²) in [5.74, 6) is -0.403. The Morgan fingerprint density at radius 2 is 2.05 bits per heavy atom. The Morgan fingerprint density at radius 3 is 2.65 bits per heavy atom. The minimum absolute atomic E-state index is 0.00706. The van der Waals surface area contributed by atoms with Crippen LogP contribution in [0, 0.1) is 5.82 Å². The smallest absolute Gasteiger partial charge is 0.331 e. The number of aromatic nitrogens is 2. The van der Waals surface area contributed by atoms with Gasteiger partial charge in [0.2, 0.25) is 0 Å². The molecule has 0 spiro atoms. The second kappa shape index (κ2) is 5.62. The van der Waals surface area contributed by atoms with E-state index >= 15 is 0 Å². The molecule has 106 valence electrons. The van der Waals surface area contributed by atoms with Gasteiger partial charge in [-0.2, -0.15) is 0 Å². The van der Waals surface area contributed by atoms with E-state index in [1.54, 1.807) is 6.92 Å². The molecule has 0 aliphatic rings. The highest BCUT2D eigenvalue weighted by Gasteiger charge is 2.10. The molecule has 1 heterocycles. The molecule has 0 saturated heterocycles. The van der Waals surface area contributed by atoms with Crippen LogP contribution in [0.25, 0.3) is 0 Å². The highest BCUT2D eigenvalue weighted by atomic mass is 79.9. The molecule has 1 aromatic heterocycles. The maximum Gasteiger partial charge on any atom is 0.331 e. The number of anilines is 1. The summed E-state index contributed by atoms with van der Waals surface area (Å²) in [5.41, 5.74) is 5.27. The molecule has 2 aromatic rings. The second-order valence-electron chi connectivity index (χ2n) is 4.29. The Bertz CT molecular complexity index is 767. The van der Waals surface area contributed by atoms with E-state index in [4.69, 9.17) is 5.73 Å². The highest BCUT2D eigenvalue weighted by molar-refractivity contribution is 9.10. The summed E-state index contributed by atoms with van der Waals surface area (Å²) in [6.45, 7) is 2.24. The van der Waals surface area contributed by atoms with Crippen LogP contribution < -0.4 is 17.0 Å². The van der Waals surface area contributed by atoms with Gasteiger partial charge in [0.15, 0.2) is 0 Å². The van der Waals surface area contributed by atoms with E-state index in [0.29, 0.717) is 12.1 Å². The van der Waals surface area contributed by atoms with Crippen molar-refractivity contribution in [3.63, 3.8) is 0 Å². The lowest BCUT2D eigenvalue weighted by Crippen LogP contribution is -2.40.